The lowest BCUT2D eigenvalue weighted by atomic mass is 10.1. The van der Waals surface area contributed by atoms with Crippen LogP contribution in [0.3, 0.4) is 0 Å². The number of amides is 1. The van der Waals surface area contributed by atoms with Crippen molar-refractivity contribution in [2.24, 2.45) is 10.9 Å². The summed E-state index contributed by atoms with van der Waals surface area (Å²) in [6.07, 6.45) is 2.35. The minimum absolute atomic E-state index is 0.123. The predicted molar refractivity (Wildman–Crippen MR) is 132 cm³/mol. The van der Waals surface area contributed by atoms with Crippen molar-refractivity contribution in [3.8, 4) is 0 Å². The molecule has 13 heteroatoms. The highest BCUT2D eigenvalue weighted by atomic mass is 35.5. The second-order valence-corrected chi connectivity index (χ2v) is 8.13. The number of hydrogen-bond acceptors (Lipinski definition) is 8. The number of anilines is 1. The summed E-state index contributed by atoms with van der Waals surface area (Å²) in [7, 11) is 0. The zero-order valence-corrected chi connectivity index (χ0v) is 19.8. The van der Waals surface area contributed by atoms with Crippen LogP contribution in [0, 0.1) is 0 Å². The quantitative estimate of drug-likeness (QED) is 0.298. The van der Waals surface area contributed by atoms with E-state index in [0.29, 0.717) is 11.3 Å². The Morgan fingerprint density at radius 1 is 1.20 bits per heavy atom. The lowest BCUT2D eigenvalue weighted by Crippen LogP contribution is -2.35. The number of rotatable bonds is 10. The average molecular weight is 522 g/mol. The molecule has 0 radical (unpaired) electrons. The Bertz CT molecular complexity index is 1270. The molecule has 2 aromatic heterocycles. The molecule has 3 rings (SSSR count). The number of hydrogen-bond donors (Lipinski definition) is 4. The van der Waals surface area contributed by atoms with Gasteiger partial charge in [-0.3, -0.25) is 24.3 Å². The van der Waals surface area contributed by atoms with E-state index in [1.807, 2.05) is 0 Å². The zero-order chi connectivity index (χ0) is 25.4. The van der Waals surface area contributed by atoms with Gasteiger partial charge in [0, 0.05) is 29.4 Å². The second kappa shape index (κ2) is 11.8. The van der Waals surface area contributed by atoms with Crippen LogP contribution in [0.25, 0.3) is 5.70 Å². The minimum atomic E-state index is -3.36. The fourth-order valence-electron chi connectivity index (χ4n) is 3.09. The van der Waals surface area contributed by atoms with Gasteiger partial charge in [0.05, 0.1) is 12.7 Å². The van der Waals surface area contributed by atoms with Gasteiger partial charge < -0.3 is 16.4 Å². The number of halogens is 3. The van der Waals surface area contributed by atoms with Gasteiger partial charge in [0.2, 0.25) is 5.91 Å². The van der Waals surface area contributed by atoms with Gasteiger partial charge >= 0.3 is 5.92 Å². The number of nitrogens with two attached hydrogens (primary N) is 2. The maximum Gasteiger partial charge on any atom is 0.306 e. The summed E-state index contributed by atoms with van der Waals surface area (Å²) in [4.78, 5) is 32.7. The van der Waals surface area contributed by atoms with Gasteiger partial charge in [-0.15, -0.1) is 0 Å². The molecule has 0 aliphatic rings. The van der Waals surface area contributed by atoms with Crippen molar-refractivity contribution in [1.82, 2.24) is 19.9 Å². The first-order valence-electron chi connectivity index (χ1n) is 10.2. The highest BCUT2D eigenvalue weighted by Gasteiger charge is 2.33. The van der Waals surface area contributed by atoms with Crippen LogP contribution in [0.2, 0.25) is 5.15 Å². The third-order valence-corrected chi connectivity index (χ3v) is 5.52. The normalized spacial score (nSPS) is 11.8. The molecular formula is C22H22ClF2N7O2S. The van der Waals surface area contributed by atoms with Crippen LogP contribution in [0.1, 0.15) is 16.8 Å². The molecule has 2 heterocycles. The molecule has 0 saturated carbocycles. The monoisotopic (exact) mass is 521 g/mol. The Morgan fingerprint density at radius 3 is 2.66 bits per heavy atom. The van der Waals surface area contributed by atoms with E-state index in [1.165, 1.54) is 24.4 Å². The highest BCUT2D eigenvalue weighted by Crippen LogP contribution is 2.25. The Balaban J connectivity index is 1.69. The van der Waals surface area contributed by atoms with Crippen LogP contribution in [0.15, 0.2) is 65.1 Å². The molecular weight excluding hydrogens is 500 g/mol. The third-order valence-electron chi connectivity index (χ3n) is 4.82. The first-order chi connectivity index (χ1) is 16.7. The molecule has 1 amide bonds. The van der Waals surface area contributed by atoms with Crippen LogP contribution in [-0.4, -0.2) is 27.0 Å². The lowest BCUT2D eigenvalue weighted by molar-refractivity contribution is -0.121. The SMILES string of the molecule is NS/C=C(\N)c1ccccc1CNC(=O)Cn1c(Cl)cnc(NCC(F)(F)c2ccccn2)c1=O. The number of carbonyl (C=O) groups excluding carboxylic acids is 1. The summed E-state index contributed by atoms with van der Waals surface area (Å²) < 4.78 is 29.7. The average Bonchev–Trinajstić information content (AvgIpc) is 2.85. The maximum atomic E-state index is 14.4. The molecule has 6 N–H and O–H groups in total. The number of benzene rings is 1. The fourth-order valence-corrected chi connectivity index (χ4v) is 3.55. The van der Waals surface area contributed by atoms with E-state index in [4.69, 9.17) is 22.5 Å². The summed E-state index contributed by atoms with van der Waals surface area (Å²) in [5.41, 5.74) is 6.59. The summed E-state index contributed by atoms with van der Waals surface area (Å²) in [5.74, 6) is -4.26. The number of nitrogens with one attached hydrogen (secondary N) is 2. The standard InChI is InChI=1S/C22H22ClF2N7O2S/c23-18-10-30-20(31-13-22(24,25)17-7-3-4-8-28-17)21(34)32(18)11-19(33)29-9-14-5-1-2-6-15(14)16(26)12-35-27/h1-8,10,12H,9,11,13,26-27H2,(H,29,33)(H,30,31)/b16-12-. The molecule has 0 fully saturated rings. The van der Waals surface area contributed by atoms with E-state index in [2.05, 4.69) is 20.6 Å². The summed E-state index contributed by atoms with van der Waals surface area (Å²) in [6, 6.07) is 11.3. The molecule has 0 saturated heterocycles. The van der Waals surface area contributed by atoms with Gasteiger partial charge in [0.1, 0.15) is 17.4 Å². The van der Waals surface area contributed by atoms with Gasteiger partial charge in [-0.05, 0) is 17.7 Å². The van der Waals surface area contributed by atoms with Crippen LogP contribution >= 0.6 is 23.5 Å². The Labute approximate surface area is 208 Å². The van der Waals surface area contributed by atoms with Gasteiger partial charge in [0.25, 0.3) is 5.56 Å². The number of nitrogens with zero attached hydrogens (tertiary/aromatic N) is 3. The molecule has 0 aliphatic carbocycles. The van der Waals surface area contributed by atoms with Crippen molar-refractivity contribution in [3.63, 3.8) is 0 Å². The molecule has 184 valence electrons. The molecule has 0 spiro atoms. The first kappa shape index (κ1) is 26.1. The van der Waals surface area contributed by atoms with E-state index < -0.39 is 36.2 Å². The van der Waals surface area contributed by atoms with Crippen molar-refractivity contribution in [3.05, 3.63) is 92.6 Å². The molecule has 9 nitrogen and oxygen atoms in total. The maximum absolute atomic E-state index is 14.4. The Kier molecular flexibility index (Phi) is 8.79. The molecule has 1 aromatic carbocycles. The number of pyridine rings is 1. The van der Waals surface area contributed by atoms with Gasteiger partial charge in [0.15, 0.2) is 5.82 Å². The third kappa shape index (κ3) is 6.78. The minimum Gasteiger partial charge on any atom is -0.398 e. The molecule has 0 bridgehead atoms. The molecule has 0 aliphatic heterocycles. The van der Waals surface area contributed by atoms with E-state index in [9.17, 15) is 18.4 Å². The number of alkyl halides is 2. The molecule has 0 unspecified atom stereocenters. The molecule has 35 heavy (non-hydrogen) atoms. The van der Waals surface area contributed by atoms with Crippen molar-refractivity contribution in [2.45, 2.75) is 19.0 Å². The number of carbonyl (C=O) groups is 1. The van der Waals surface area contributed by atoms with Crippen molar-refractivity contribution >= 4 is 41.0 Å². The van der Waals surface area contributed by atoms with Crippen LogP contribution in [-0.2, 0) is 23.8 Å². The van der Waals surface area contributed by atoms with Gasteiger partial charge in [-0.1, -0.05) is 53.9 Å². The largest absolute Gasteiger partial charge is 0.398 e. The van der Waals surface area contributed by atoms with Gasteiger partial charge in [-0.2, -0.15) is 8.78 Å². The van der Waals surface area contributed by atoms with E-state index in [1.54, 1.807) is 29.7 Å². The molecule has 3 aromatic rings. The van der Waals surface area contributed by atoms with Gasteiger partial charge in [-0.25, -0.2) is 4.98 Å². The van der Waals surface area contributed by atoms with Crippen molar-refractivity contribution in [2.75, 3.05) is 11.9 Å². The smallest absolute Gasteiger partial charge is 0.306 e. The predicted octanol–water partition coefficient (Wildman–Crippen LogP) is 2.68. The fraction of sp³-hybridized carbons (Fsp3) is 0.182. The summed E-state index contributed by atoms with van der Waals surface area (Å²) >= 11 is 7.01. The van der Waals surface area contributed by atoms with Crippen LogP contribution < -0.4 is 27.1 Å². The van der Waals surface area contributed by atoms with E-state index in [0.717, 1.165) is 28.3 Å². The topological polar surface area (TPSA) is 141 Å². The molecule has 0 atom stereocenters. The Hall–Kier alpha value is -3.48. The van der Waals surface area contributed by atoms with E-state index >= 15 is 0 Å². The second-order valence-electron chi connectivity index (χ2n) is 7.24. The lowest BCUT2D eigenvalue weighted by Gasteiger charge is -2.17. The van der Waals surface area contributed by atoms with Crippen LogP contribution in [0.4, 0.5) is 14.6 Å². The summed E-state index contributed by atoms with van der Waals surface area (Å²) in [6.45, 7) is -1.25. The summed E-state index contributed by atoms with van der Waals surface area (Å²) in [5, 5.41) is 11.9. The van der Waals surface area contributed by atoms with Crippen LogP contribution in [0.5, 0.6) is 0 Å². The highest BCUT2D eigenvalue weighted by molar-refractivity contribution is 8.00. The Morgan fingerprint density at radius 2 is 1.94 bits per heavy atom. The van der Waals surface area contributed by atoms with Crippen molar-refractivity contribution < 1.29 is 13.6 Å². The first-order valence-corrected chi connectivity index (χ1v) is 11.5. The van der Waals surface area contributed by atoms with Crippen molar-refractivity contribution in [1.29, 1.82) is 0 Å². The van der Waals surface area contributed by atoms with E-state index in [-0.39, 0.29) is 17.5 Å². The zero-order valence-electron chi connectivity index (χ0n) is 18.2. The number of aromatic nitrogens is 3.